The van der Waals surface area contributed by atoms with Crippen molar-refractivity contribution in [2.75, 3.05) is 6.54 Å². The predicted molar refractivity (Wildman–Crippen MR) is 82.9 cm³/mol. The lowest BCUT2D eigenvalue weighted by atomic mass is 10.1. The number of hydrogen-bond donors (Lipinski definition) is 1. The first-order valence-electron chi connectivity index (χ1n) is 7.06. The minimum atomic E-state index is -4.27. The Morgan fingerprint density at radius 3 is 2.05 bits per heavy atom. The molecule has 0 unspecified atom stereocenters. The molecule has 2 aromatic carbocycles. The molecule has 0 heterocycles. The minimum Gasteiger partial charge on any atom is -0.313 e. The van der Waals surface area contributed by atoms with E-state index < -0.39 is 11.7 Å². The van der Waals surface area contributed by atoms with Gasteiger partial charge in [-0.1, -0.05) is 35.9 Å². The molecule has 1 nitrogen and oxygen atoms in total. The largest absolute Gasteiger partial charge is 0.416 e. The normalized spacial score (nSPS) is 11.6. The van der Waals surface area contributed by atoms with Crippen LogP contribution in [-0.4, -0.2) is 6.54 Å². The average molecular weight is 328 g/mol. The maximum atomic E-state index is 12.4. The highest BCUT2D eigenvalue weighted by Crippen LogP contribution is 2.29. The summed E-state index contributed by atoms with van der Waals surface area (Å²) in [5, 5.41) is 3.96. The maximum Gasteiger partial charge on any atom is 0.416 e. The Hall–Kier alpha value is -1.52. The van der Waals surface area contributed by atoms with Crippen LogP contribution in [0.4, 0.5) is 13.2 Å². The zero-order valence-electron chi connectivity index (χ0n) is 12.0. The quantitative estimate of drug-likeness (QED) is 0.729. The van der Waals surface area contributed by atoms with E-state index in [1.54, 1.807) is 0 Å². The van der Waals surface area contributed by atoms with Gasteiger partial charge in [-0.05, 0) is 54.8 Å². The van der Waals surface area contributed by atoms with Crippen LogP contribution in [0.1, 0.15) is 23.1 Å². The van der Waals surface area contributed by atoms with Crippen molar-refractivity contribution < 1.29 is 13.2 Å². The second-order valence-electron chi connectivity index (χ2n) is 5.10. The van der Waals surface area contributed by atoms with Crippen LogP contribution in [0, 0.1) is 0 Å². The molecule has 0 aliphatic rings. The highest BCUT2D eigenvalue weighted by atomic mass is 35.5. The van der Waals surface area contributed by atoms with Crippen LogP contribution < -0.4 is 5.32 Å². The summed E-state index contributed by atoms with van der Waals surface area (Å²) in [5.74, 6) is 0. The summed E-state index contributed by atoms with van der Waals surface area (Å²) < 4.78 is 37.3. The van der Waals surface area contributed by atoms with E-state index in [4.69, 9.17) is 11.6 Å². The molecule has 118 valence electrons. The zero-order valence-corrected chi connectivity index (χ0v) is 12.7. The van der Waals surface area contributed by atoms with Gasteiger partial charge in [-0.25, -0.2) is 0 Å². The summed E-state index contributed by atoms with van der Waals surface area (Å²) in [4.78, 5) is 0. The molecule has 0 aliphatic heterocycles. The van der Waals surface area contributed by atoms with Gasteiger partial charge in [0.15, 0.2) is 0 Å². The first kappa shape index (κ1) is 16.8. The van der Waals surface area contributed by atoms with E-state index >= 15 is 0 Å². The molecule has 2 rings (SSSR count). The third kappa shape index (κ3) is 5.35. The Kier molecular flexibility index (Phi) is 5.86. The third-order valence-corrected chi connectivity index (χ3v) is 3.59. The Bertz CT molecular complexity index is 576. The first-order chi connectivity index (χ1) is 10.4. The Morgan fingerprint density at radius 2 is 1.45 bits per heavy atom. The van der Waals surface area contributed by atoms with E-state index in [0.29, 0.717) is 6.54 Å². The number of nitrogens with one attached hydrogen (secondary N) is 1. The number of hydrogen-bond acceptors (Lipinski definition) is 1. The van der Waals surface area contributed by atoms with Crippen LogP contribution in [-0.2, 0) is 19.1 Å². The topological polar surface area (TPSA) is 12.0 Å². The molecule has 0 aliphatic carbocycles. The molecule has 0 amide bonds. The van der Waals surface area contributed by atoms with Crippen molar-refractivity contribution in [2.45, 2.75) is 25.6 Å². The van der Waals surface area contributed by atoms with Crippen molar-refractivity contribution in [3.05, 3.63) is 70.2 Å². The monoisotopic (exact) mass is 327 g/mol. The second-order valence-corrected chi connectivity index (χ2v) is 5.54. The van der Waals surface area contributed by atoms with Crippen molar-refractivity contribution in [3.63, 3.8) is 0 Å². The predicted octanol–water partition coefficient (Wildman–Crippen LogP) is 5.08. The number of rotatable bonds is 6. The summed E-state index contributed by atoms with van der Waals surface area (Å²) in [5.41, 5.74) is 1.46. The van der Waals surface area contributed by atoms with E-state index in [1.165, 1.54) is 17.7 Å². The molecule has 0 radical (unpaired) electrons. The third-order valence-electron chi connectivity index (χ3n) is 3.34. The zero-order chi connectivity index (χ0) is 16.0. The Labute approximate surface area is 133 Å². The molecule has 2 aromatic rings. The number of aryl methyl sites for hydroxylation is 1. The number of alkyl halides is 3. The molecule has 0 fully saturated rings. The fourth-order valence-electron chi connectivity index (χ4n) is 2.11. The highest BCUT2D eigenvalue weighted by molar-refractivity contribution is 6.30. The van der Waals surface area contributed by atoms with Crippen molar-refractivity contribution in [3.8, 4) is 0 Å². The number of halogens is 4. The molecular formula is C17H17ClF3N. The Morgan fingerprint density at radius 1 is 0.864 bits per heavy atom. The molecule has 0 spiro atoms. The van der Waals surface area contributed by atoms with Gasteiger partial charge in [-0.3, -0.25) is 0 Å². The first-order valence-corrected chi connectivity index (χ1v) is 7.44. The van der Waals surface area contributed by atoms with Crippen molar-refractivity contribution in [1.82, 2.24) is 5.32 Å². The van der Waals surface area contributed by atoms with E-state index in [2.05, 4.69) is 5.32 Å². The fourth-order valence-corrected chi connectivity index (χ4v) is 2.24. The van der Waals surface area contributed by atoms with E-state index in [-0.39, 0.29) is 0 Å². The maximum absolute atomic E-state index is 12.4. The minimum absolute atomic E-state index is 0.568. The summed E-state index contributed by atoms with van der Waals surface area (Å²) in [6, 6.07) is 13.0. The van der Waals surface area contributed by atoms with Crippen LogP contribution in [0.25, 0.3) is 0 Å². The lowest BCUT2D eigenvalue weighted by Crippen LogP contribution is -2.15. The van der Waals surface area contributed by atoms with Gasteiger partial charge in [0.2, 0.25) is 0 Å². The van der Waals surface area contributed by atoms with Crippen LogP contribution in [0.2, 0.25) is 5.02 Å². The van der Waals surface area contributed by atoms with E-state index in [0.717, 1.165) is 42.1 Å². The van der Waals surface area contributed by atoms with Crippen molar-refractivity contribution >= 4 is 11.6 Å². The van der Waals surface area contributed by atoms with Crippen molar-refractivity contribution in [2.24, 2.45) is 0 Å². The second kappa shape index (κ2) is 7.65. The van der Waals surface area contributed by atoms with Crippen LogP contribution >= 0.6 is 11.6 Å². The van der Waals surface area contributed by atoms with Gasteiger partial charge in [0.05, 0.1) is 5.56 Å². The van der Waals surface area contributed by atoms with Gasteiger partial charge in [-0.2, -0.15) is 13.2 Å². The van der Waals surface area contributed by atoms with Gasteiger partial charge >= 0.3 is 6.18 Å². The smallest absolute Gasteiger partial charge is 0.313 e. The van der Waals surface area contributed by atoms with Crippen LogP contribution in [0.3, 0.4) is 0 Å². The number of benzene rings is 2. The fraction of sp³-hybridized carbons (Fsp3) is 0.294. The molecule has 1 N–H and O–H groups in total. The van der Waals surface area contributed by atoms with Gasteiger partial charge in [0.25, 0.3) is 0 Å². The van der Waals surface area contributed by atoms with Gasteiger partial charge in [0, 0.05) is 11.6 Å². The molecule has 0 bridgehead atoms. The standard InChI is InChI=1S/C17H17ClF3N/c18-16-9-5-13(6-10-16)2-1-11-22-12-14-3-7-15(8-4-14)17(19,20)21/h3-10,22H,1-2,11-12H2. The summed E-state index contributed by atoms with van der Waals surface area (Å²) in [6.45, 7) is 1.38. The van der Waals surface area contributed by atoms with E-state index in [9.17, 15) is 13.2 Å². The lowest BCUT2D eigenvalue weighted by Gasteiger charge is -2.08. The highest BCUT2D eigenvalue weighted by Gasteiger charge is 2.29. The summed E-state index contributed by atoms with van der Waals surface area (Å²) >= 11 is 5.82. The van der Waals surface area contributed by atoms with Gasteiger partial charge in [0.1, 0.15) is 0 Å². The molecule has 0 atom stereocenters. The average Bonchev–Trinajstić information content (AvgIpc) is 2.48. The van der Waals surface area contributed by atoms with E-state index in [1.807, 2.05) is 24.3 Å². The van der Waals surface area contributed by atoms with Crippen LogP contribution in [0.5, 0.6) is 0 Å². The van der Waals surface area contributed by atoms with Crippen LogP contribution in [0.15, 0.2) is 48.5 Å². The molecule has 0 aromatic heterocycles. The molecule has 22 heavy (non-hydrogen) atoms. The molecule has 0 saturated carbocycles. The SMILES string of the molecule is FC(F)(F)c1ccc(CNCCCc2ccc(Cl)cc2)cc1. The molecule has 0 saturated heterocycles. The van der Waals surface area contributed by atoms with Gasteiger partial charge in [-0.15, -0.1) is 0 Å². The lowest BCUT2D eigenvalue weighted by molar-refractivity contribution is -0.137. The van der Waals surface area contributed by atoms with Gasteiger partial charge < -0.3 is 5.32 Å². The van der Waals surface area contributed by atoms with Crippen molar-refractivity contribution in [1.29, 1.82) is 0 Å². The Balaban J connectivity index is 1.69. The summed E-state index contributed by atoms with van der Waals surface area (Å²) in [6.07, 6.45) is -2.37. The summed E-state index contributed by atoms with van der Waals surface area (Å²) in [7, 11) is 0. The molecule has 5 heteroatoms. The molecular weight excluding hydrogens is 311 g/mol.